The quantitative estimate of drug-likeness (QED) is 0.552. The summed E-state index contributed by atoms with van der Waals surface area (Å²) in [5, 5.41) is 0. The molecule has 1 saturated heterocycles. The lowest BCUT2D eigenvalue weighted by molar-refractivity contribution is -0.0301. The maximum atomic E-state index is 2.35. The zero-order valence-electron chi connectivity index (χ0n) is 14.2. The Bertz CT molecular complexity index is 407. The predicted octanol–water partition coefficient (Wildman–Crippen LogP) is 6.86. The smallest absolute Gasteiger partial charge is 0.0393 e. The average Bonchev–Trinajstić information content (AvgIpc) is 2.47. The van der Waals surface area contributed by atoms with E-state index in [0.717, 1.165) is 23.2 Å². The lowest BCUT2D eigenvalue weighted by Crippen LogP contribution is -2.47. The van der Waals surface area contributed by atoms with Crippen LogP contribution in [0.2, 0.25) is 0 Å². The largest absolute Gasteiger partial charge is 0.119 e. The van der Waals surface area contributed by atoms with Crippen molar-refractivity contribution in [2.45, 2.75) is 77.6 Å². The number of hydrogen-bond donors (Lipinski definition) is 0. The normalized spacial score (nSPS) is 42.1. The fraction of sp³-hybridized carbons (Fsp3) is 0.900. The van der Waals surface area contributed by atoms with Gasteiger partial charge < -0.3 is 0 Å². The molecule has 1 spiro atoms. The Labute approximate surface area is 145 Å². The summed E-state index contributed by atoms with van der Waals surface area (Å²) in [6.07, 6.45) is 16.6. The van der Waals surface area contributed by atoms with Gasteiger partial charge in [0, 0.05) is 4.24 Å². The van der Waals surface area contributed by atoms with Crippen LogP contribution in [-0.2, 0) is 0 Å². The van der Waals surface area contributed by atoms with E-state index >= 15 is 0 Å². The van der Waals surface area contributed by atoms with Gasteiger partial charge in [0.2, 0.25) is 0 Å². The van der Waals surface area contributed by atoms with Crippen molar-refractivity contribution in [1.29, 1.82) is 0 Å². The fourth-order valence-corrected chi connectivity index (χ4v) is 8.32. The maximum absolute atomic E-state index is 2.35. The molecular weight excluding hydrogens is 304 g/mol. The summed E-state index contributed by atoms with van der Waals surface area (Å²) in [7, 11) is 0. The van der Waals surface area contributed by atoms with Crippen LogP contribution in [0, 0.1) is 23.2 Å². The van der Waals surface area contributed by atoms with Gasteiger partial charge in [-0.3, -0.25) is 0 Å². The first-order valence-electron chi connectivity index (χ1n) is 9.76. The van der Waals surface area contributed by atoms with Gasteiger partial charge in [-0.25, -0.2) is 0 Å². The highest BCUT2D eigenvalue weighted by atomic mass is 32.2. The zero-order valence-corrected chi connectivity index (χ0v) is 15.9. The molecule has 0 radical (unpaired) electrons. The lowest BCUT2D eigenvalue weighted by atomic mass is 9.47. The van der Waals surface area contributed by atoms with Crippen molar-refractivity contribution in [2.24, 2.45) is 23.2 Å². The summed E-state index contributed by atoms with van der Waals surface area (Å²) < 4.78 is 1.74. The van der Waals surface area contributed by atoms with Crippen LogP contribution >= 0.6 is 23.5 Å². The fourth-order valence-electron chi connectivity index (χ4n) is 5.66. The number of thioether (sulfide) groups is 2. The number of rotatable bonds is 3. The van der Waals surface area contributed by atoms with Crippen LogP contribution in [0.1, 0.15) is 77.6 Å². The molecule has 4 fully saturated rings. The maximum Gasteiger partial charge on any atom is 0.0393 e. The van der Waals surface area contributed by atoms with Crippen LogP contribution in [0.15, 0.2) is 9.81 Å². The molecule has 0 N–H and O–H groups in total. The Hall–Kier alpha value is 0.440. The van der Waals surface area contributed by atoms with Crippen molar-refractivity contribution in [2.75, 3.05) is 11.5 Å². The van der Waals surface area contributed by atoms with Crippen molar-refractivity contribution < 1.29 is 0 Å². The molecule has 4 aliphatic rings. The van der Waals surface area contributed by atoms with Gasteiger partial charge in [-0.2, -0.15) is 0 Å². The van der Waals surface area contributed by atoms with Crippen molar-refractivity contribution in [1.82, 2.24) is 0 Å². The molecule has 0 amide bonds. The summed E-state index contributed by atoms with van der Waals surface area (Å²) in [6.45, 7) is 2.35. The van der Waals surface area contributed by atoms with E-state index in [4.69, 9.17) is 0 Å². The lowest BCUT2D eigenvalue weighted by Gasteiger charge is -2.58. The molecule has 124 valence electrons. The van der Waals surface area contributed by atoms with Gasteiger partial charge >= 0.3 is 0 Å². The second-order valence-electron chi connectivity index (χ2n) is 8.53. The van der Waals surface area contributed by atoms with E-state index in [9.17, 15) is 0 Å². The molecule has 22 heavy (non-hydrogen) atoms. The minimum absolute atomic E-state index is 0.797. The third kappa shape index (κ3) is 3.16. The molecular formula is C20H32S2. The molecule has 0 aromatic carbocycles. The number of hydrogen-bond acceptors (Lipinski definition) is 2. The Morgan fingerprint density at radius 2 is 1.64 bits per heavy atom. The van der Waals surface area contributed by atoms with Gasteiger partial charge in [-0.05, 0) is 85.2 Å². The van der Waals surface area contributed by atoms with Crippen molar-refractivity contribution >= 4 is 23.5 Å². The first-order valence-corrected chi connectivity index (χ1v) is 11.7. The highest BCUT2D eigenvalue weighted by Crippen LogP contribution is 2.65. The van der Waals surface area contributed by atoms with Gasteiger partial charge in [0.1, 0.15) is 0 Å². The van der Waals surface area contributed by atoms with Crippen molar-refractivity contribution in [3.8, 4) is 0 Å². The SMILES string of the molecule is CCCC1CCC(C2CC3(CC(=C4SCCCS4)C3)C2)CC1. The molecule has 0 bridgehead atoms. The van der Waals surface area contributed by atoms with E-state index in [-0.39, 0.29) is 0 Å². The molecule has 0 atom stereocenters. The molecule has 0 aromatic heterocycles. The number of allylic oxidation sites excluding steroid dienone is 1. The van der Waals surface area contributed by atoms with Crippen LogP contribution in [0.25, 0.3) is 0 Å². The summed E-state index contributed by atoms with van der Waals surface area (Å²) in [6, 6.07) is 0. The third-order valence-corrected chi connectivity index (χ3v) is 9.66. The Balaban J connectivity index is 1.22. The molecule has 3 saturated carbocycles. The molecule has 3 aliphatic carbocycles. The first-order chi connectivity index (χ1) is 10.8. The molecule has 2 heteroatoms. The molecule has 0 nitrogen and oxygen atoms in total. The van der Waals surface area contributed by atoms with Gasteiger partial charge in [0.05, 0.1) is 0 Å². The van der Waals surface area contributed by atoms with Crippen molar-refractivity contribution in [3.63, 3.8) is 0 Å². The predicted molar refractivity (Wildman–Crippen MR) is 101 cm³/mol. The standard InChI is InChI=1S/C20H32S2/c1-2-4-15-5-7-16(8-6-15)17-11-20(12-17)13-18(14-20)19-21-9-3-10-22-19/h15-17H,2-14H2,1H3. The summed E-state index contributed by atoms with van der Waals surface area (Å²) >= 11 is 4.32. The average molecular weight is 337 g/mol. The Morgan fingerprint density at radius 1 is 0.955 bits per heavy atom. The van der Waals surface area contributed by atoms with Gasteiger partial charge in [-0.1, -0.05) is 32.6 Å². The van der Waals surface area contributed by atoms with E-state index in [1.165, 1.54) is 43.6 Å². The van der Waals surface area contributed by atoms with Crippen LogP contribution in [0.5, 0.6) is 0 Å². The molecule has 1 heterocycles. The van der Waals surface area contributed by atoms with E-state index in [0.29, 0.717) is 0 Å². The minimum Gasteiger partial charge on any atom is -0.119 e. The Kier molecular flexibility index (Phi) is 4.89. The summed E-state index contributed by atoms with van der Waals surface area (Å²) in [5.74, 6) is 6.05. The highest BCUT2D eigenvalue weighted by molar-refractivity contribution is 8.22. The summed E-state index contributed by atoms with van der Waals surface area (Å²) in [5.41, 5.74) is 2.64. The van der Waals surface area contributed by atoms with Crippen LogP contribution in [0.3, 0.4) is 0 Å². The second-order valence-corrected chi connectivity index (χ2v) is 11.0. The highest BCUT2D eigenvalue weighted by Gasteiger charge is 2.53. The van der Waals surface area contributed by atoms with Crippen LogP contribution < -0.4 is 0 Å². The van der Waals surface area contributed by atoms with Gasteiger partial charge in [0.15, 0.2) is 0 Å². The third-order valence-electron chi connectivity index (χ3n) is 6.87. The van der Waals surface area contributed by atoms with E-state index in [2.05, 4.69) is 30.4 Å². The second kappa shape index (κ2) is 6.75. The minimum atomic E-state index is 0.797. The summed E-state index contributed by atoms with van der Waals surface area (Å²) in [4.78, 5) is 0. The first kappa shape index (κ1) is 15.9. The topological polar surface area (TPSA) is 0 Å². The monoisotopic (exact) mass is 336 g/mol. The zero-order chi connectivity index (χ0) is 15.0. The van der Waals surface area contributed by atoms with E-state index in [1.54, 1.807) is 42.8 Å². The van der Waals surface area contributed by atoms with E-state index in [1.807, 2.05) is 5.57 Å². The van der Waals surface area contributed by atoms with Gasteiger partial charge in [-0.15, -0.1) is 23.5 Å². The van der Waals surface area contributed by atoms with Crippen molar-refractivity contribution in [3.05, 3.63) is 9.81 Å². The van der Waals surface area contributed by atoms with E-state index < -0.39 is 0 Å². The molecule has 1 aliphatic heterocycles. The Morgan fingerprint density at radius 3 is 2.27 bits per heavy atom. The molecule has 4 rings (SSSR count). The molecule has 0 aromatic rings. The molecule has 0 unspecified atom stereocenters. The van der Waals surface area contributed by atoms with Crippen LogP contribution in [-0.4, -0.2) is 11.5 Å². The van der Waals surface area contributed by atoms with Crippen LogP contribution in [0.4, 0.5) is 0 Å². The van der Waals surface area contributed by atoms with Gasteiger partial charge in [0.25, 0.3) is 0 Å².